The van der Waals surface area contributed by atoms with Gasteiger partial charge in [-0.1, -0.05) is 0 Å². The fourth-order valence-electron chi connectivity index (χ4n) is 1.59. The number of pyridine rings is 2. The van der Waals surface area contributed by atoms with Gasteiger partial charge in [0.1, 0.15) is 11.6 Å². The van der Waals surface area contributed by atoms with Crippen LogP contribution in [0, 0.1) is 0 Å². The van der Waals surface area contributed by atoms with Crippen LogP contribution in [0.3, 0.4) is 0 Å². The number of imidazole rings is 1. The van der Waals surface area contributed by atoms with Gasteiger partial charge in [-0.15, -0.1) is 0 Å². The summed E-state index contributed by atoms with van der Waals surface area (Å²) in [4.78, 5) is 15.8. The first-order valence-electron chi connectivity index (χ1n) is 4.95. The summed E-state index contributed by atoms with van der Waals surface area (Å²) in [5.41, 5.74) is 7.98. The molecule has 0 spiro atoms. The molecule has 0 unspecified atom stereocenters. The average molecular weight is 290 g/mol. The normalized spacial score (nSPS) is 10.9. The van der Waals surface area contributed by atoms with E-state index in [1.807, 2.05) is 12.1 Å². The molecule has 0 saturated carbocycles. The van der Waals surface area contributed by atoms with E-state index in [0.717, 1.165) is 21.4 Å². The summed E-state index contributed by atoms with van der Waals surface area (Å²) < 4.78 is 0.905. The van der Waals surface area contributed by atoms with E-state index in [1.54, 1.807) is 18.5 Å². The van der Waals surface area contributed by atoms with Crippen molar-refractivity contribution >= 4 is 32.9 Å². The third-order valence-corrected chi connectivity index (χ3v) is 2.78. The zero-order chi connectivity index (χ0) is 11.8. The molecule has 0 bridgehead atoms. The minimum atomic E-state index is 0.461. The van der Waals surface area contributed by atoms with E-state index in [2.05, 4.69) is 35.9 Å². The molecule has 0 aliphatic rings. The molecule has 3 N–H and O–H groups in total. The first-order valence-corrected chi connectivity index (χ1v) is 5.75. The van der Waals surface area contributed by atoms with Crippen molar-refractivity contribution in [2.24, 2.45) is 0 Å². The zero-order valence-electron chi connectivity index (χ0n) is 8.68. The van der Waals surface area contributed by atoms with Crippen molar-refractivity contribution in [3.8, 4) is 11.4 Å². The minimum absolute atomic E-state index is 0.461. The molecule has 3 aromatic rings. The van der Waals surface area contributed by atoms with Gasteiger partial charge in [0.2, 0.25) is 0 Å². The topological polar surface area (TPSA) is 80.5 Å². The maximum Gasteiger partial charge on any atom is 0.180 e. The molecule has 17 heavy (non-hydrogen) atoms. The molecular formula is C11H8BrN5. The van der Waals surface area contributed by atoms with Gasteiger partial charge in [-0.05, 0) is 34.1 Å². The number of fused-ring (bicyclic) bond motifs is 1. The predicted octanol–water partition coefficient (Wildman–Crippen LogP) is 2.36. The van der Waals surface area contributed by atoms with Crippen LogP contribution in [0.15, 0.2) is 35.1 Å². The molecule has 6 heteroatoms. The van der Waals surface area contributed by atoms with Crippen LogP contribution in [0.2, 0.25) is 0 Å². The Kier molecular flexibility index (Phi) is 2.29. The lowest BCUT2D eigenvalue weighted by molar-refractivity contribution is 1.25. The molecule has 0 radical (unpaired) electrons. The van der Waals surface area contributed by atoms with Crippen molar-refractivity contribution in [2.75, 3.05) is 5.73 Å². The summed E-state index contributed by atoms with van der Waals surface area (Å²) in [7, 11) is 0. The van der Waals surface area contributed by atoms with E-state index in [4.69, 9.17) is 5.73 Å². The quantitative estimate of drug-likeness (QED) is 0.721. The van der Waals surface area contributed by atoms with Crippen LogP contribution in [-0.4, -0.2) is 19.9 Å². The fourth-order valence-corrected chi connectivity index (χ4v) is 1.95. The molecule has 3 heterocycles. The SMILES string of the molecule is Nc1ccc2[nH]c(-c3cncc(Br)c3)nc2n1. The smallest absolute Gasteiger partial charge is 0.180 e. The Hall–Kier alpha value is -1.95. The number of hydrogen-bond donors (Lipinski definition) is 2. The summed E-state index contributed by atoms with van der Waals surface area (Å²) >= 11 is 3.38. The van der Waals surface area contributed by atoms with Crippen molar-refractivity contribution in [3.63, 3.8) is 0 Å². The Morgan fingerprint density at radius 2 is 2.06 bits per heavy atom. The lowest BCUT2D eigenvalue weighted by atomic mass is 10.3. The number of aromatic amines is 1. The molecule has 0 aliphatic heterocycles. The van der Waals surface area contributed by atoms with Crippen molar-refractivity contribution in [1.29, 1.82) is 0 Å². The van der Waals surface area contributed by atoms with Crippen molar-refractivity contribution < 1.29 is 0 Å². The van der Waals surface area contributed by atoms with Gasteiger partial charge in [0.05, 0.1) is 5.52 Å². The lowest BCUT2D eigenvalue weighted by Crippen LogP contribution is -1.88. The molecule has 3 rings (SSSR count). The predicted molar refractivity (Wildman–Crippen MR) is 69.2 cm³/mol. The van der Waals surface area contributed by atoms with Gasteiger partial charge in [0.25, 0.3) is 0 Å². The summed E-state index contributed by atoms with van der Waals surface area (Å²) in [5, 5.41) is 0. The molecule has 0 fully saturated rings. The molecular weight excluding hydrogens is 282 g/mol. The average Bonchev–Trinajstić information content (AvgIpc) is 2.72. The summed E-state index contributed by atoms with van der Waals surface area (Å²) in [5.74, 6) is 1.19. The summed E-state index contributed by atoms with van der Waals surface area (Å²) in [6.07, 6.45) is 3.47. The van der Waals surface area contributed by atoms with Crippen LogP contribution >= 0.6 is 15.9 Å². The molecule has 0 aromatic carbocycles. The molecule has 0 amide bonds. The van der Waals surface area contributed by atoms with Gasteiger partial charge < -0.3 is 10.7 Å². The van der Waals surface area contributed by atoms with Gasteiger partial charge in [-0.25, -0.2) is 9.97 Å². The van der Waals surface area contributed by atoms with Crippen molar-refractivity contribution in [2.45, 2.75) is 0 Å². The van der Waals surface area contributed by atoms with Crippen LogP contribution in [0.1, 0.15) is 0 Å². The van der Waals surface area contributed by atoms with E-state index in [0.29, 0.717) is 11.5 Å². The van der Waals surface area contributed by atoms with Gasteiger partial charge in [-0.3, -0.25) is 4.98 Å². The number of aromatic nitrogens is 4. The number of nitrogen functional groups attached to an aromatic ring is 1. The molecule has 5 nitrogen and oxygen atoms in total. The fraction of sp³-hybridized carbons (Fsp3) is 0. The highest BCUT2D eigenvalue weighted by Gasteiger charge is 2.07. The second-order valence-electron chi connectivity index (χ2n) is 3.58. The third kappa shape index (κ3) is 1.87. The van der Waals surface area contributed by atoms with Crippen molar-refractivity contribution in [1.82, 2.24) is 19.9 Å². The Morgan fingerprint density at radius 3 is 2.88 bits per heavy atom. The van der Waals surface area contributed by atoms with Gasteiger partial charge >= 0.3 is 0 Å². The molecule has 3 aromatic heterocycles. The summed E-state index contributed by atoms with van der Waals surface area (Å²) in [6, 6.07) is 5.54. The molecule has 84 valence electrons. The van der Waals surface area contributed by atoms with Crippen LogP contribution in [0.5, 0.6) is 0 Å². The van der Waals surface area contributed by atoms with Crippen LogP contribution in [0.4, 0.5) is 5.82 Å². The number of rotatable bonds is 1. The Morgan fingerprint density at radius 1 is 1.18 bits per heavy atom. The standard InChI is InChI=1S/C11H8BrN5/c12-7-3-6(4-14-5-7)10-15-8-1-2-9(13)16-11(8)17-10/h1-5H,(H3,13,15,16,17). The van der Waals surface area contributed by atoms with E-state index in [1.165, 1.54) is 0 Å². The second-order valence-corrected chi connectivity index (χ2v) is 4.50. The number of halogens is 1. The van der Waals surface area contributed by atoms with E-state index in [9.17, 15) is 0 Å². The maximum absolute atomic E-state index is 5.61. The Labute approximate surface area is 105 Å². The van der Waals surface area contributed by atoms with Crippen LogP contribution < -0.4 is 5.73 Å². The molecule has 0 saturated heterocycles. The zero-order valence-corrected chi connectivity index (χ0v) is 10.3. The number of nitrogens with two attached hydrogens (primary N) is 1. The van der Waals surface area contributed by atoms with Gasteiger partial charge in [-0.2, -0.15) is 0 Å². The second kappa shape index (κ2) is 3.81. The van der Waals surface area contributed by atoms with Crippen LogP contribution in [-0.2, 0) is 0 Å². The number of nitrogens with zero attached hydrogens (tertiary/aromatic N) is 3. The Bertz CT molecular complexity index is 691. The van der Waals surface area contributed by atoms with Gasteiger partial charge in [0, 0.05) is 22.4 Å². The number of nitrogens with one attached hydrogen (secondary N) is 1. The summed E-state index contributed by atoms with van der Waals surface area (Å²) in [6.45, 7) is 0. The van der Waals surface area contributed by atoms with E-state index < -0.39 is 0 Å². The monoisotopic (exact) mass is 289 g/mol. The minimum Gasteiger partial charge on any atom is -0.384 e. The maximum atomic E-state index is 5.61. The van der Waals surface area contributed by atoms with Crippen molar-refractivity contribution in [3.05, 3.63) is 35.1 Å². The number of hydrogen-bond acceptors (Lipinski definition) is 4. The Balaban J connectivity index is 2.18. The number of anilines is 1. The molecule has 0 atom stereocenters. The highest BCUT2D eigenvalue weighted by atomic mass is 79.9. The highest BCUT2D eigenvalue weighted by Crippen LogP contribution is 2.21. The van der Waals surface area contributed by atoms with Crippen LogP contribution in [0.25, 0.3) is 22.6 Å². The van der Waals surface area contributed by atoms with E-state index in [-0.39, 0.29) is 0 Å². The third-order valence-electron chi connectivity index (χ3n) is 2.35. The largest absolute Gasteiger partial charge is 0.384 e. The number of H-pyrrole nitrogens is 1. The van der Waals surface area contributed by atoms with Gasteiger partial charge in [0.15, 0.2) is 5.65 Å². The molecule has 0 aliphatic carbocycles. The van der Waals surface area contributed by atoms with E-state index >= 15 is 0 Å². The lowest BCUT2D eigenvalue weighted by Gasteiger charge is -1.95. The highest BCUT2D eigenvalue weighted by molar-refractivity contribution is 9.10. The first kappa shape index (κ1) is 10.2. The first-order chi connectivity index (χ1) is 8.22.